The fraction of sp³-hybridized carbons (Fsp3) is 0.200. The average molecular weight is 189 g/mol. The van der Waals surface area contributed by atoms with Crippen LogP contribution in [0.25, 0.3) is 0 Å². The highest BCUT2D eigenvalue weighted by Crippen LogP contribution is 2.28. The van der Waals surface area contributed by atoms with Gasteiger partial charge in [0.1, 0.15) is 5.75 Å². The van der Waals surface area contributed by atoms with Crippen LogP contribution < -0.4 is 4.74 Å². The number of hydrogen-bond acceptors (Lipinski definition) is 3. The van der Waals surface area contributed by atoms with Crippen molar-refractivity contribution in [3.63, 3.8) is 0 Å². The number of amides is 1. The Morgan fingerprint density at radius 3 is 3.00 bits per heavy atom. The Bertz CT molecular complexity index is 396. The number of aliphatic imine (C=N–C) groups is 1. The van der Waals surface area contributed by atoms with E-state index in [9.17, 15) is 9.59 Å². The van der Waals surface area contributed by atoms with Crippen molar-refractivity contribution >= 4 is 12.0 Å². The average Bonchev–Trinajstić information content (AvgIpc) is 2.61. The first-order chi connectivity index (χ1) is 6.81. The zero-order chi connectivity index (χ0) is 9.97. The van der Waals surface area contributed by atoms with Crippen LogP contribution >= 0.6 is 0 Å². The third-order valence-corrected chi connectivity index (χ3v) is 2.08. The summed E-state index contributed by atoms with van der Waals surface area (Å²) in [7, 11) is 0. The van der Waals surface area contributed by atoms with E-state index in [4.69, 9.17) is 4.74 Å². The molecule has 1 atom stereocenters. The van der Waals surface area contributed by atoms with Crippen LogP contribution in [0.2, 0.25) is 0 Å². The summed E-state index contributed by atoms with van der Waals surface area (Å²) in [5.41, 5.74) is 0.965. The van der Waals surface area contributed by atoms with Crippen LogP contribution in [-0.4, -0.2) is 18.1 Å². The SMILES string of the molecule is O=C=NC(=O)C1Cc2ccccc2O1. The molecule has 0 fully saturated rings. The molecule has 2 rings (SSSR count). The number of carbonyl (C=O) groups excluding carboxylic acids is 2. The Morgan fingerprint density at radius 1 is 1.50 bits per heavy atom. The smallest absolute Gasteiger partial charge is 0.297 e. The minimum atomic E-state index is -0.658. The predicted octanol–water partition coefficient (Wildman–Crippen LogP) is 0.852. The van der Waals surface area contributed by atoms with E-state index in [1.165, 1.54) is 6.08 Å². The van der Waals surface area contributed by atoms with Crippen molar-refractivity contribution in [2.75, 3.05) is 0 Å². The minimum absolute atomic E-state index is 0.472. The van der Waals surface area contributed by atoms with Gasteiger partial charge < -0.3 is 4.74 Å². The first-order valence-corrected chi connectivity index (χ1v) is 4.17. The summed E-state index contributed by atoms with van der Waals surface area (Å²) in [5, 5.41) is 0. The number of hydrogen-bond donors (Lipinski definition) is 0. The van der Waals surface area contributed by atoms with Crippen molar-refractivity contribution < 1.29 is 14.3 Å². The quantitative estimate of drug-likeness (QED) is 0.486. The van der Waals surface area contributed by atoms with Crippen LogP contribution in [0.15, 0.2) is 29.3 Å². The molecule has 4 heteroatoms. The van der Waals surface area contributed by atoms with E-state index in [-0.39, 0.29) is 0 Å². The van der Waals surface area contributed by atoms with Crippen LogP contribution in [-0.2, 0) is 16.0 Å². The summed E-state index contributed by atoms with van der Waals surface area (Å²) in [4.78, 5) is 24.1. The van der Waals surface area contributed by atoms with Gasteiger partial charge in [-0.2, -0.15) is 0 Å². The highest BCUT2D eigenvalue weighted by Gasteiger charge is 2.28. The molecule has 1 heterocycles. The summed E-state index contributed by atoms with van der Waals surface area (Å²) >= 11 is 0. The summed E-state index contributed by atoms with van der Waals surface area (Å²) in [6.45, 7) is 0. The van der Waals surface area contributed by atoms with Crippen molar-refractivity contribution in [2.45, 2.75) is 12.5 Å². The van der Waals surface area contributed by atoms with E-state index in [1.54, 1.807) is 6.07 Å². The molecule has 0 radical (unpaired) electrons. The summed E-state index contributed by atoms with van der Waals surface area (Å²) < 4.78 is 5.30. The fourth-order valence-corrected chi connectivity index (χ4v) is 1.44. The number of ether oxygens (including phenoxy) is 1. The Morgan fingerprint density at radius 2 is 2.29 bits per heavy atom. The second kappa shape index (κ2) is 3.44. The van der Waals surface area contributed by atoms with Gasteiger partial charge in [-0.15, -0.1) is 4.99 Å². The largest absolute Gasteiger partial charge is 0.480 e. The maximum absolute atomic E-state index is 11.2. The third-order valence-electron chi connectivity index (χ3n) is 2.08. The van der Waals surface area contributed by atoms with Gasteiger partial charge in [-0.1, -0.05) is 18.2 Å². The van der Waals surface area contributed by atoms with Gasteiger partial charge in [0.2, 0.25) is 6.08 Å². The zero-order valence-corrected chi connectivity index (χ0v) is 7.27. The number of fused-ring (bicyclic) bond motifs is 1. The molecule has 1 aromatic carbocycles. The number of carbonyl (C=O) groups is 1. The van der Waals surface area contributed by atoms with Gasteiger partial charge in [-0.25, -0.2) is 4.79 Å². The number of nitrogens with zero attached hydrogens (tertiary/aromatic N) is 1. The van der Waals surface area contributed by atoms with Gasteiger partial charge in [0, 0.05) is 6.42 Å². The van der Waals surface area contributed by atoms with Crippen molar-refractivity contribution in [3.8, 4) is 5.75 Å². The Hall–Kier alpha value is -1.93. The van der Waals surface area contributed by atoms with E-state index >= 15 is 0 Å². The molecule has 1 aliphatic rings. The number of isocyanates is 1. The second-order valence-electron chi connectivity index (χ2n) is 2.96. The molecule has 1 aliphatic heterocycles. The molecule has 0 saturated carbocycles. The van der Waals surface area contributed by atoms with Gasteiger partial charge in [0.05, 0.1) is 0 Å². The first kappa shape index (κ1) is 8.66. The van der Waals surface area contributed by atoms with Gasteiger partial charge >= 0.3 is 0 Å². The van der Waals surface area contributed by atoms with E-state index in [0.717, 1.165) is 5.56 Å². The van der Waals surface area contributed by atoms with Crippen LogP contribution in [0.3, 0.4) is 0 Å². The lowest BCUT2D eigenvalue weighted by Crippen LogP contribution is -2.23. The molecule has 70 valence electrons. The van der Waals surface area contributed by atoms with E-state index in [1.807, 2.05) is 18.2 Å². The van der Waals surface area contributed by atoms with Crippen molar-refractivity contribution in [1.29, 1.82) is 0 Å². The molecule has 1 amide bonds. The zero-order valence-electron chi connectivity index (χ0n) is 7.27. The molecule has 4 nitrogen and oxygen atoms in total. The standard InChI is InChI=1S/C10H7NO3/c12-6-11-10(13)9-5-7-3-1-2-4-8(7)14-9/h1-4,9H,5H2. The molecule has 0 aromatic heterocycles. The Kier molecular flexibility index (Phi) is 2.13. The number of para-hydroxylation sites is 1. The lowest BCUT2D eigenvalue weighted by atomic mass is 10.1. The summed E-state index contributed by atoms with van der Waals surface area (Å²) in [6, 6.07) is 7.37. The van der Waals surface area contributed by atoms with E-state index in [2.05, 4.69) is 4.99 Å². The molecule has 0 saturated heterocycles. The third kappa shape index (κ3) is 1.43. The minimum Gasteiger partial charge on any atom is -0.480 e. The number of benzene rings is 1. The highest BCUT2D eigenvalue weighted by molar-refractivity contribution is 5.86. The molecule has 0 spiro atoms. The number of rotatable bonds is 1. The summed E-state index contributed by atoms with van der Waals surface area (Å²) in [6.07, 6.45) is 1.03. The van der Waals surface area contributed by atoms with E-state index in [0.29, 0.717) is 12.2 Å². The topological polar surface area (TPSA) is 55.7 Å². The Labute approximate surface area is 80.2 Å². The summed E-state index contributed by atoms with van der Waals surface area (Å²) in [5.74, 6) is 0.114. The van der Waals surface area contributed by atoms with Crippen LogP contribution in [0, 0.1) is 0 Å². The molecule has 14 heavy (non-hydrogen) atoms. The normalized spacial score (nSPS) is 17.9. The monoisotopic (exact) mass is 189 g/mol. The maximum atomic E-state index is 11.2. The van der Waals surface area contributed by atoms with Crippen molar-refractivity contribution in [1.82, 2.24) is 0 Å². The van der Waals surface area contributed by atoms with Crippen molar-refractivity contribution in [3.05, 3.63) is 29.8 Å². The van der Waals surface area contributed by atoms with Gasteiger partial charge in [0.15, 0.2) is 6.10 Å². The van der Waals surface area contributed by atoms with Gasteiger partial charge in [-0.05, 0) is 11.6 Å². The lowest BCUT2D eigenvalue weighted by molar-refractivity contribution is -0.123. The van der Waals surface area contributed by atoms with Crippen molar-refractivity contribution in [2.24, 2.45) is 4.99 Å². The predicted molar refractivity (Wildman–Crippen MR) is 47.7 cm³/mol. The molecule has 0 bridgehead atoms. The van der Waals surface area contributed by atoms with Gasteiger partial charge in [0.25, 0.3) is 5.91 Å². The lowest BCUT2D eigenvalue weighted by Gasteiger charge is -2.03. The molecular weight excluding hydrogens is 182 g/mol. The van der Waals surface area contributed by atoms with Crippen LogP contribution in [0.4, 0.5) is 0 Å². The molecule has 1 aromatic rings. The Balaban J connectivity index is 2.19. The van der Waals surface area contributed by atoms with Gasteiger partial charge in [-0.3, -0.25) is 4.79 Å². The first-order valence-electron chi connectivity index (χ1n) is 4.17. The fourth-order valence-electron chi connectivity index (χ4n) is 1.44. The van der Waals surface area contributed by atoms with E-state index < -0.39 is 12.0 Å². The molecular formula is C10H7NO3. The second-order valence-corrected chi connectivity index (χ2v) is 2.96. The van der Waals surface area contributed by atoms with Crippen LogP contribution in [0.5, 0.6) is 5.75 Å². The molecule has 1 unspecified atom stereocenters. The molecule has 0 N–H and O–H groups in total. The van der Waals surface area contributed by atoms with Crippen LogP contribution in [0.1, 0.15) is 5.56 Å². The molecule has 0 aliphatic carbocycles. The highest BCUT2D eigenvalue weighted by atomic mass is 16.5. The maximum Gasteiger partial charge on any atom is 0.297 e.